The summed E-state index contributed by atoms with van der Waals surface area (Å²) in [6.45, 7) is 2.98. The molecule has 0 saturated carbocycles. The zero-order chi connectivity index (χ0) is 11.4. The van der Waals surface area contributed by atoms with Crippen molar-refractivity contribution in [1.82, 2.24) is 9.97 Å². The quantitative estimate of drug-likeness (QED) is 0.785. The minimum absolute atomic E-state index is 0.398. The molecular formula is C11H11ClN2OS. The first-order chi connectivity index (χ1) is 7.79. The van der Waals surface area contributed by atoms with Crippen LogP contribution in [0, 0.1) is 0 Å². The smallest absolute Gasteiger partial charge is 0.156 e. The molecule has 0 bridgehead atoms. The van der Waals surface area contributed by atoms with Gasteiger partial charge in [-0.3, -0.25) is 0 Å². The van der Waals surface area contributed by atoms with Crippen molar-refractivity contribution in [2.24, 2.45) is 0 Å². The lowest BCUT2D eigenvalue weighted by Crippen LogP contribution is -2.00. The highest BCUT2D eigenvalue weighted by atomic mass is 35.5. The highest BCUT2D eigenvalue weighted by Gasteiger charge is 2.06. The second-order valence-corrected chi connectivity index (χ2v) is 4.44. The fourth-order valence-corrected chi connectivity index (χ4v) is 2.16. The van der Waals surface area contributed by atoms with Crippen molar-refractivity contribution in [3.8, 4) is 10.6 Å². The summed E-state index contributed by atoms with van der Waals surface area (Å²) in [5, 5.41) is 2.46. The molecule has 2 aromatic heterocycles. The highest BCUT2D eigenvalue weighted by Crippen LogP contribution is 2.24. The predicted molar refractivity (Wildman–Crippen MR) is 65.7 cm³/mol. The molecule has 0 aliphatic carbocycles. The van der Waals surface area contributed by atoms with Gasteiger partial charge in [-0.15, -0.1) is 11.3 Å². The van der Waals surface area contributed by atoms with E-state index in [1.54, 1.807) is 17.4 Å². The molecule has 0 amide bonds. The maximum atomic E-state index is 5.94. The van der Waals surface area contributed by atoms with Crippen molar-refractivity contribution in [3.05, 3.63) is 34.6 Å². The third-order valence-electron chi connectivity index (χ3n) is 1.95. The van der Waals surface area contributed by atoms with Gasteiger partial charge in [0.25, 0.3) is 0 Å². The third-order valence-corrected chi connectivity index (χ3v) is 3.04. The van der Waals surface area contributed by atoms with Gasteiger partial charge >= 0.3 is 0 Å². The van der Waals surface area contributed by atoms with Crippen molar-refractivity contribution < 1.29 is 4.74 Å². The molecule has 0 atom stereocenters. The number of thiophene rings is 1. The van der Waals surface area contributed by atoms with E-state index in [-0.39, 0.29) is 0 Å². The Morgan fingerprint density at radius 3 is 3.00 bits per heavy atom. The molecule has 0 saturated heterocycles. The van der Waals surface area contributed by atoms with E-state index in [0.717, 1.165) is 10.6 Å². The fourth-order valence-electron chi connectivity index (χ4n) is 1.27. The molecule has 84 valence electrons. The second kappa shape index (κ2) is 5.39. The second-order valence-electron chi connectivity index (χ2n) is 3.11. The van der Waals surface area contributed by atoms with E-state index >= 15 is 0 Å². The van der Waals surface area contributed by atoms with Crippen molar-refractivity contribution in [3.63, 3.8) is 0 Å². The predicted octanol–water partition coefficient (Wildman–Crippen LogP) is 3.40. The lowest BCUT2D eigenvalue weighted by atomic mass is 10.3. The Bertz CT molecular complexity index is 459. The van der Waals surface area contributed by atoms with Gasteiger partial charge < -0.3 is 4.74 Å². The van der Waals surface area contributed by atoms with E-state index in [2.05, 4.69) is 9.97 Å². The molecule has 2 rings (SSSR count). The Balaban J connectivity index is 2.29. The minimum Gasteiger partial charge on any atom is -0.374 e. The van der Waals surface area contributed by atoms with Crippen molar-refractivity contribution >= 4 is 22.9 Å². The zero-order valence-corrected chi connectivity index (χ0v) is 10.4. The maximum Gasteiger partial charge on any atom is 0.156 e. The normalized spacial score (nSPS) is 10.6. The van der Waals surface area contributed by atoms with Crippen LogP contribution in [0.1, 0.15) is 12.7 Å². The fraction of sp³-hybridized carbons (Fsp3) is 0.273. The summed E-state index contributed by atoms with van der Waals surface area (Å²) in [7, 11) is 0. The van der Waals surface area contributed by atoms with Crippen LogP contribution in [0.2, 0.25) is 5.15 Å². The first-order valence-corrected chi connectivity index (χ1v) is 6.20. The van der Waals surface area contributed by atoms with E-state index in [1.165, 1.54) is 0 Å². The molecule has 0 aromatic carbocycles. The van der Waals surface area contributed by atoms with Crippen LogP contribution >= 0.6 is 22.9 Å². The highest BCUT2D eigenvalue weighted by molar-refractivity contribution is 7.13. The Kier molecular flexibility index (Phi) is 3.88. The molecule has 0 fully saturated rings. The molecular weight excluding hydrogens is 244 g/mol. The summed E-state index contributed by atoms with van der Waals surface area (Å²) in [6, 6.07) is 5.76. The van der Waals surface area contributed by atoms with Crippen molar-refractivity contribution in [1.29, 1.82) is 0 Å². The average Bonchev–Trinajstić information content (AvgIpc) is 2.79. The Morgan fingerprint density at radius 2 is 2.31 bits per heavy atom. The Morgan fingerprint density at radius 1 is 1.44 bits per heavy atom. The van der Waals surface area contributed by atoms with Crippen LogP contribution in [-0.4, -0.2) is 16.6 Å². The molecule has 0 radical (unpaired) electrons. The lowest BCUT2D eigenvalue weighted by Gasteiger charge is -2.03. The minimum atomic E-state index is 0.398. The van der Waals surface area contributed by atoms with Crippen LogP contribution in [0.3, 0.4) is 0 Å². The van der Waals surface area contributed by atoms with E-state index in [9.17, 15) is 0 Å². The van der Waals surface area contributed by atoms with Gasteiger partial charge in [-0.2, -0.15) is 0 Å². The molecule has 3 nitrogen and oxygen atoms in total. The summed E-state index contributed by atoms with van der Waals surface area (Å²) >= 11 is 7.57. The number of ether oxygens (including phenoxy) is 1. The van der Waals surface area contributed by atoms with Gasteiger partial charge in [-0.1, -0.05) is 17.7 Å². The van der Waals surface area contributed by atoms with Crippen LogP contribution < -0.4 is 0 Å². The average molecular weight is 255 g/mol. The van der Waals surface area contributed by atoms with Gasteiger partial charge in [-0.25, -0.2) is 9.97 Å². The SMILES string of the molecule is CCOCc1nc(Cl)cc(-c2cccs2)n1. The van der Waals surface area contributed by atoms with Gasteiger partial charge in [0.05, 0.1) is 10.6 Å². The molecule has 0 aliphatic heterocycles. The summed E-state index contributed by atoms with van der Waals surface area (Å²) < 4.78 is 5.27. The number of hydrogen-bond donors (Lipinski definition) is 0. The maximum absolute atomic E-state index is 5.94. The number of rotatable bonds is 4. The summed E-state index contributed by atoms with van der Waals surface area (Å²) in [4.78, 5) is 9.60. The largest absolute Gasteiger partial charge is 0.374 e. The first kappa shape index (κ1) is 11.5. The van der Waals surface area contributed by atoms with Crippen molar-refractivity contribution in [2.45, 2.75) is 13.5 Å². The van der Waals surface area contributed by atoms with Crippen LogP contribution in [0.4, 0.5) is 0 Å². The van der Waals surface area contributed by atoms with Crippen molar-refractivity contribution in [2.75, 3.05) is 6.61 Å². The first-order valence-electron chi connectivity index (χ1n) is 4.94. The molecule has 0 aliphatic rings. The Hall–Kier alpha value is -0.970. The number of hydrogen-bond acceptors (Lipinski definition) is 4. The molecule has 0 unspecified atom stereocenters. The Labute approximate surface area is 103 Å². The monoisotopic (exact) mass is 254 g/mol. The topological polar surface area (TPSA) is 35.0 Å². The van der Waals surface area contributed by atoms with E-state index < -0.39 is 0 Å². The molecule has 2 heterocycles. The van der Waals surface area contributed by atoms with E-state index in [1.807, 2.05) is 24.4 Å². The lowest BCUT2D eigenvalue weighted by molar-refractivity contribution is 0.128. The van der Waals surface area contributed by atoms with Gasteiger partial charge in [0.15, 0.2) is 5.82 Å². The van der Waals surface area contributed by atoms with Gasteiger partial charge in [0.2, 0.25) is 0 Å². The summed E-state index contributed by atoms with van der Waals surface area (Å²) in [5.41, 5.74) is 0.852. The summed E-state index contributed by atoms with van der Waals surface area (Å²) in [5.74, 6) is 0.623. The molecule has 2 aromatic rings. The molecule has 0 N–H and O–H groups in total. The number of nitrogens with zero attached hydrogens (tertiary/aromatic N) is 2. The summed E-state index contributed by atoms with van der Waals surface area (Å²) in [6.07, 6.45) is 0. The van der Waals surface area contributed by atoms with E-state index in [0.29, 0.717) is 24.2 Å². The van der Waals surface area contributed by atoms with Gasteiger partial charge in [0, 0.05) is 12.7 Å². The zero-order valence-electron chi connectivity index (χ0n) is 8.81. The number of aromatic nitrogens is 2. The molecule has 5 heteroatoms. The third kappa shape index (κ3) is 2.78. The molecule has 0 spiro atoms. The van der Waals surface area contributed by atoms with E-state index in [4.69, 9.17) is 16.3 Å². The van der Waals surface area contributed by atoms with Gasteiger partial charge in [-0.05, 0) is 18.4 Å². The van der Waals surface area contributed by atoms with Gasteiger partial charge in [0.1, 0.15) is 11.8 Å². The standard InChI is InChI=1S/C11H11ClN2OS/c1-2-15-7-11-13-8(6-10(12)14-11)9-4-3-5-16-9/h3-6H,2,7H2,1H3. The van der Waals surface area contributed by atoms with Crippen LogP contribution in [0.15, 0.2) is 23.6 Å². The van der Waals surface area contributed by atoms with Crippen LogP contribution in [-0.2, 0) is 11.3 Å². The van der Waals surface area contributed by atoms with Crippen LogP contribution in [0.5, 0.6) is 0 Å². The number of halogens is 1. The van der Waals surface area contributed by atoms with Crippen LogP contribution in [0.25, 0.3) is 10.6 Å². The molecule has 16 heavy (non-hydrogen) atoms.